The summed E-state index contributed by atoms with van der Waals surface area (Å²) in [5.41, 5.74) is 0.886. The zero-order valence-electron chi connectivity index (χ0n) is 13.6. The molecular weight excluding hydrogens is 348 g/mol. The van der Waals surface area contributed by atoms with Gasteiger partial charge in [-0.2, -0.15) is 0 Å². The van der Waals surface area contributed by atoms with Crippen LogP contribution in [0.25, 0.3) is 0 Å². The number of carbonyl (C=O) groups is 4. The molecule has 8 nitrogen and oxygen atoms in total. The van der Waals surface area contributed by atoms with E-state index >= 15 is 0 Å². The third kappa shape index (κ3) is 5.79. The number of esters is 1. The molecule has 1 aliphatic heterocycles. The van der Waals surface area contributed by atoms with E-state index in [1.54, 1.807) is 12.1 Å². The molecule has 0 radical (unpaired) electrons. The Morgan fingerprint density at radius 1 is 1.24 bits per heavy atom. The van der Waals surface area contributed by atoms with Crippen molar-refractivity contribution >= 4 is 34.8 Å². The monoisotopic (exact) mass is 366 g/mol. The van der Waals surface area contributed by atoms with E-state index in [0.29, 0.717) is 5.75 Å². The first-order valence-electron chi connectivity index (χ1n) is 7.55. The SMILES string of the molecule is Cc1ccccc1OCC(=O)OCC(=O)NCCN1C(=O)CSC1=O. The van der Waals surface area contributed by atoms with Crippen LogP contribution in [0, 0.1) is 6.92 Å². The summed E-state index contributed by atoms with van der Waals surface area (Å²) in [5, 5.41) is 2.16. The molecule has 9 heteroatoms. The minimum absolute atomic E-state index is 0.0980. The zero-order chi connectivity index (χ0) is 18.2. The predicted octanol–water partition coefficient (Wildman–Crippen LogP) is 0.729. The van der Waals surface area contributed by atoms with E-state index in [9.17, 15) is 19.2 Å². The molecule has 0 saturated carbocycles. The smallest absolute Gasteiger partial charge is 0.344 e. The number of rotatable bonds is 8. The molecule has 0 unspecified atom stereocenters. The maximum absolute atomic E-state index is 11.6. The number of nitrogens with zero attached hydrogens (tertiary/aromatic N) is 1. The highest BCUT2D eigenvalue weighted by molar-refractivity contribution is 8.14. The topological polar surface area (TPSA) is 102 Å². The molecule has 1 N–H and O–H groups in total. The van der Waals surface area contributed by atoms with Gasteiger partial charge in [0.05, 0.1) is 5.75 Å². The van der Waals surface area contributed by atoms with E-state index in [-0.39, 0.29) is 36.6 Å². The molecule has 0 aliphatic carbocycles. The molecule has 0 bridgehead atoms. The van der Waals surface area contributed by atoms with Crippen molar-refractivity contribution in [1.29, 1.82) is 0 Å². The Bertz CT molecular complexity index is 662. The Balaban J connectivity index is 1.61. The molecule has 1 fully saturated rings. The Hall–Kier alpha value is -2.55. The first kappa shape index (κ1) is 18.8. The number of amides is 3. The van der Waals surface area contributed by atoms with Gasteiger partial charge >= 0.3 is 5.97 Å². The number of aryl methyl sites for hydroxylation is 1. The number of hydrogen-bond acceptors (Lipinski definition) is 7. The Kier molecular flexibility index (Phi) is 6.81. The molecule has 1 saturated heterocycles. The highest BCUT2D eigenvalue weighted by atomic mass is 32.2. The van der Waals surface area contributed by atoms with Gasteiger partial charge < -0.3 is 14.8 Å². The van der Waals surface area contributed by atoms with Gasteiger partial charge in [-0.15, -0.1) is 0 Å². The van der Waals surface area contributed by atoms with Crippen LogP contribution >= 0.6 is 11.8 Å². The van der Waals surface area contributed by atoms with Crippen LogP contribution in [0.4, 0.5) is 4.79 Å². The summed E-state index contributed by atoms with van der Waals surface area (Å²) in [4.78, 5) is 47.0. The van der Waals surface area contributed by atoms with Gasteiger partial charge in [-0.3, -0.25) is 19.3 Å². The largest absolute Gasteiger partial charge is 0.482 e. The number of hydrogen-bond donors (Lipinski definition) is 1. The quantitative estimate of drug-likeness (QED) is 0.677. The molecule has 1 aromatic carbocycles. The Morgan fingerprint density at radius 3 is 2.68 bits per heavy atom. The average molecular weight is 366 g/mol. The second-order valence-corrected chi connectivity index (χ2v) is 6.09. The van der Waals surface area contributed by atoms with Crippen LogP contribution < -0.4 is 10.1 Å². The van der Waals surface area contributed by atoms with Crippen LogP contribution in [0.15, 0.2) is 24.3 Å². The summed E-state index contributed by atoms with van der Waals surface area (Å²) in [6, 6.07) is 7.22. The average Bonchev–Trinajstić information content (AvgIpc) is 2.91. The Labute approximate surface area is 148 Å². The third-order valence-electron chi connectivity index (χ3n) is 3.30. The summed E-state index contributed by atoms with van der Waals surface area (Å²) in [7, 11) is 0. The lowest BCUT2D eigenvalue weighted by Crippen LogP contribution is -2.39. The lowest BCUT2D eigenvalue weighted by molar-refractivity contribution is -0.150. The number of para-hydroxylation sites is 1. The van der Waals surface area contributed by atoms with Crippen LogP contribution in [0.5, 0.6) is 5.75 Å². The molecule has 2 rings (SSSR count). The number of thioether (sulfide) groups is 1. The fourth-order valence-electron chi connectivity index (χ4n) is 2.00. The van der Waals surface area contributed by atoms with Gasteiger partial charge in [0.25, 0.3) is 11.1 Å². The van der Waals surface area contributed by atoms with Gasteiger partial charge in [-0.25, -0.2) is 4.79 Å². The third-order valence-corrected chi connectivity index (χ3v) is 4.16. The van der Waals surface area contributed by atoms with Crippen molar-refractivity contribution in [1.82, 2.24) is 10.2 Å². The second kappa shape index (κ2) is 9.07. The molecular formula is C16H18N2O6S. The maximum Gasteiger partial charge on any atom is 0.344 e. The minimum atomic E-state index is -0.667. The van der Waals surface area contributed by atoms with Gasteiger partial charge in [0, 0.05) is 13.1 Å². The first-order chi connectivity index (χ1) is 12.0. The van der Waals surface area contributed by atoms with Crippen molar-refractivity contribution in [2.45, 2.75) is 6.92 Å². The van der Waals surface area contributed by atoms with E-state index in [1.807, 2.05) is 19.1 Å². The molecule has 1 heterocycles. The van der Waals surface area contributed by atoms with Gasteiger partial charge in [0.2, 0.25) is 5.91 Å². The standard InChI is InChI=1S/C16H18N2O6S/c1-11-4-2-3-5-12(11)23-9-15(21)24-8-13(19)17-6-7-18-14(20)10-25-16(18)22/h2-5H,6-10H2,1H3,(H,17,19). The lowest BCUT2D eigenvalue weighted by Gasteiger charge is -2.13. The highest BCUT2D eigenvalue weighted by Crippen LogP contribution is 2.17. The minimum Gasteiger partial charge on any atom is -0.482 e. The van der Waals surface area contributed by atoms with E-state index in [2.05, 4.69) is 5.32 Å². The summed E-state index contributed by atoms with van der Waals surface area (Å²) in [6.45, 7) is 1.30. The number of imide groups is 1. The number of ether oxygens (including phenoxy) is 2. The van der Waals surface area contributed by atoms with E-state index in [0.717, 1.165) is 22.2 Å². The van der Waals surface area contributed by atoms with Crippen LogP contribution in [0.1, 0.15) is 5.56 Å². The molecule has 25 heavy (non-hydrogen) atoms. The number of carbonyl (C=O) groups excluding carboxylic acids is 4. The maximum atomic E-state index is 11.6. The van der Waals surface area contributed by atoms with E-state index in [4.69, 9.17) is 9.47 Å². The van der Waals surface area contributed by atoms with E-state index < -0.39 is 18.5 Å². The lowest BCUT2D eigenvalue weighted by atomic mass is 10.2. The molecule has 1 aromatic rings. The first-order valence-corrected chi connectivity index (χ1v) is 8.54. The van der Waals surface area contributed by atoms with Crippen molar-refractivity contribution in [2.75, 3.05) is 32.1 Å². The van der Waals surface area contributed by atoms with Gasteiger partial charge in [0.15, 0.2) is 13.2 Å². The summed E-state index contributed by atoms with van der Waals surface area (Å²) in [5.74, 6) is -0.757. The summed E-state index contributed by atoms with van der Waals surface area (Å²) in [6.07, 6.45) is 0. The van der Waals surface area contributed by atoms with Crippen molar-refractivity contribution in [3.63, 3.8) is 0 Å². The molecule has 134 valence electrons. The molecule has 0 aromatic heterocycles. The predicted molar refractivity (Wildman–Crippen MR) is 90.2 cm³/mol. The molecule has 1 aliphatic rings. The number of nitrogens with one attached hydrogen (secondary N) is 1. The highest BCUT2D eigenvalue weighted by Gasteiger charge is 2.29. The van der Waals surface area contributed by atoms with Crippen molar-refractivity contribution in [2.24, 2.45) is 0 Å². The fraction of sp³-hybridized carbons (Fsp3) is 0.375. The van der Waals surface area contributed by atoms with Gasteiger partial charge in [-0.1, -0.05) is 30.0 Å². The van der Waals surface area contributed by atoms with Crippen molar-refractivity contribution in [3.05, 3.63) is 29.8 Å². The van der Waals surface area contributed by atoms with Crippen LogP contribution in [0.2, 0.25) is 0 Å². The fourth-order valence-corrected chi connectivity index (χ4v) is 2.75. The van der Waals surface area contributed by atoms with Gasteiger partial charge in [-0.05, 0) is 18.6 Å². The molecule has 0 atom stereocenters. The van der Waals surface area contributed by atoms with E-state index in [1.165, 1.54) is 0 Å². The normalized spacial score (nSPS) is 13.7. The summed E-state index contributed by atoms with van der Waals surface area (Å²) < 4.78 is 10.1. The number of benzene rings is 1. The molecule has 3 amide bonds. The zero-order valence-corrected chi connectivity index (χ0v) is 14.5. The molecule has 0 spiro atoms. The second-order valence-electron chi connectivity index (χ2n) is 5.16. The van der Waals surface area contributed by atoms with Gasteiger partial charge in [0.1, 0.15) is 5.75 Å². The van der Waals surface area contributed by atoms with Crippen LogP contribution in [0.3, 0.4) is 0 Å². The summed E-state index contributed by atoms with van der Waals surface area (Å²) >= 11 is 0.933. The van der Waals surface area contributed by atoms with Crippen molar-refractivity contribution in [3.8, 4) is 5.75 Å². The van der Waals surface area contributed by atoms with Crippen molar-refractivity contribution < 1.29 is 28.7 Å². The Morgan fingerprint density at radius 2 is 2.00 bits per heavy atom. The van der Waals surface area contributed by atoms with Crippen LogP contribution in [-0.2, 0) is 19.1 Å². The van der Waals surface area contributed by atoms with Crippen LogP contribution in [-0.4, -0.2) is 60.0 Å².